The van der Waals surface area contributed by atoms with Crippen molar-refractivity contribution in [1.82, 2.24) is 4.90 Å². The summed E-state index contributed by atoms with van der Waals surface area (Å²) >= 11 is 0. The molecule has 1 aromatic carbocycles. The first kappa shape index (κ1) is 16.3. The van der Waals surface area contributed by atoms with E-state index in [4.69, 9.17) is 10.5 Å². The maximum atomic E-state index is 11.5. The zero-order valence-electron chi connectivity index (χ0n) is 12.6. The Morgan fingerprint density at radius 2 is 2.05 bits per heavy atom. The third-order valence-electron chi connectivity index (χ3n) is 3.37. The van der Waals surface area contributed by atoms with E-state index in [2.05, 4.69) is 24.1 Å². The van der Waals surface area contributed by atoms with Gasteiger partial charge in [0, 0.05) is 6.54 Å². The lowest BCUT2D eigenvalue weighted by molar-refractivity contribution is 0.0602. The monoisotopic (exact) mass is 279 g/mol. The van der Waals surface area contributed by atoms with Crippen LogP contribution in [0.15, 0.2) is 18.2 Å². The summed E-state index contributed by atoms with van der Waals surface area (Å²) in [5.41, 5.74) is 7.62. The van der Waals surface area contributed by atoms with Crippen molar-refractivity contribution in [2.75, 3.05) is 44.3 Å². The van der Waals surface area contributed by atoms with Crippen molar-refractivity contribution in [2.24, 2.45) is 0 Å². The number of benzene rings is 1. The molecule has 1 rings (SSSR count). The lowest BCUT2D eigenvalue weighted by Crippen LogP contribution is -2.25. The highest BCUT2D eigenvalue weighted by Crippen LogP contribution is 2.23. The van der Waals surface area contributed by atoms with Crippen LogP contribution in [0.3, 0.4) is 0 Å². The van der Waals surface area contributed by atoms with Crippen molar-refractivity contribution in [2.45, 2.75) is 20.3 Å². The number of carbonyl (C=O) groups is 1. The lowest BCUT2D eigenvalue weighted by atomic mass is 10.1. The zero-order valence-corrected chi connectivity index (χ0v) is 12.6. The molecule has 0 radical (unpaired) electrons. The highest BCUT2D eigenvalue weighted by atomic mass is 16.5. The molecule has 0 atom stereocenters. The molecule has 5 nitrogen and oxygen atoms in total. The van der Waals surface area contributed by atoms with Crippen LogP contribution in [0.4, 0.5) is 11.4 Å². The number of nitrogens with one attached hydrogen (secondary N) is 1. The van der Waals surface area contributed by atoms with Crippen LogP contribution in [0.1, 0.15) is 30.6 Å². The number of esters is 1. The summed E-state index contributed by atoms with van der Waals surface area (Å²) in [5, 5.41) is 3.28. The second-order valence-corrected chi connectivity index (χ2v) is 4.57. The number of hydrogen-bond donors (Lipinski definition) is 2. The molecule has 0 amide bonds. The smallest absolute Gasteiger partial charge is 0.340 e. The second-order valence-electron chi connectivity index (χ2n) is 4.57. The van der Waals surface area contributed by atoms with Gasteiger partial charge in [0.15, 0.2) is 0 Å². The Kier molecular flexibility index (Phi) is 6.87. The van der Waals surface area contributed by atoms with Crippen LogP contribution in [0.2, 0.25) is 0 Å². The van der Waals surface area contributed by atoms with Gasteiger partial charge in [-0.3, -0.25) is 0 Å². The van der Waals surface area contributed by atoms with Gasteiger partial charge in [-0.2, -0.15) is 0 Å². The third kappa shape index (κ3) is 4.42. The van der Waals surface area contributed by atoms with Crippen LogP contribution < -0.4 is 11.1 Å². The molecule has 0 aliphatic rings. The fourth-order valence-corrected chi connectivity index (χ4v) is 2.07. The summed E-state index contributed by atoms with van der Waals surface area (Å²) in [6.07, 6.45) is 1.03. The number of carbonyl (C=O) groups excluding carboxylic acids is 1. The first-order valence-electron chi connectivity index (χ1n) is 7.07. The maximum Gasteiger partial charge on any atom is 0.340 e. The number of nitrogen functional groups attached to an aromatic ring is 1. The predicted molar refractivity (Wildman–Crippen MR) is 83.1 cm³/mol. The topological polar surface area (TPSA) is 67.6 Å². The summed E-state index contributed by atoms with van der Waals surface area (Å²) in [5.74, 6) is -0.408. The molecule has 0 aromatic heterocycles. The van der Waals surface area contributed by atoms with Gasteiger partial charge in [0.2, 0.25) is 0 Å². The molecule has 5 heteroatoms. The Morgan fingerprint density at radius 1 is 1.35 bits per heavy atom. The fraction of sp³-hybridized carbons (Fsp3) is 0.533. The fourth-order valence-electron chi connectivity index (χ4n) is 2.07. The van der Waals surface area contributed by atoms with Crippen LogP contribution in [0.5, 0.6) is 0 Å². The van der Waals surface area contributed by atoms with E-state index >= 15 is 0 Å². The normalized spacial score (nSPS) is 10.6. The molecule has 0 unspecified atom stereocenters. The largest absolute Gasteiger partial charge is 0.465 e. The predicted octanol–water partition coefficient (Wildman–Crippen LogP) is 2.20. The van der Waals surface area contributed by atoms with Gasteiger partial charge >= 0.3 is 5.97 Å². The van der Waals surface area contributed by atoms with Gasteiger partial charge in [0.1, 0.15) is 0 Å². The van der Waals surface area contributed by atoms with Crippen molar-refractivity contribution < 1.29 is 9.53 Å². The van der Waals surface area contributed by atoms with Gasteiger partial charge in [-0.1, -0.05) is 19.9 Å². The van der Waals surface area contributed by atoms with Gasteiger partial charge in [-0.05, 0) is 38.2 Å². The van der Waals surface area contributed by atoms with Crippen LogP contribution >= 0.6 is 0 Å². The third-order valence-corrected chi connectivity index (χ3v) is 3.37. The first-order chi connectivity index (χ1) is 9.63. The highest BCUT2D eigenvalue weighted by Gasteiger charge is 2.12. The van der Waals surface area contributed by atoms with E-state index < -0.39 is 5.97 Å². The average Bonchev–Trinajstić information content (AvgIpc) is 2.48. The standard InChI is InChI=1S/C15H25N3O2/c1-4-18(5-2)11-7-10-17-13-9-6-8-12(14(13)16)15(19)20-3/h6,8-9,17H,4-5,7,10-11,16H2,1-3H3. The number of anilines is 2. The molecule has 0 spiro atoms. The van der Waals surface area contributed by atoms with E-state index in [1.54, 1.807) is 12.1 Å². The van der Waals surface area contributed by atoms with Crippen LogP contribution in [-0.2, 0) is 4.74 Å². The van der Waals surface area contributed by atoms with E-state index in [0.717, 1.165) is 38.3 Å². The number of hydrogen-bond acceptors (Lipinski definition) is 5. The minimum absolute atomic E-state index is 0.404. The van der Waals surface area contributed by atoms with Gasteiger partial charge in [-0.25, -0.2) is 4.79 Å². The van der Waals surface area contributed by atoms with E-state index in [9.17, 15) is 4.79 Å². The minimum atomic E-state index is -0.408. The number of nitrogens with two attached hydrogens (primary N) is 1. The van der Waals surface area contributed by atoms with Gasteiger partial charge in [0.05, 0.1) is 24.0 Å². The van der Waals surface area contributed by atoms with E-state index in [1.165, 1.54) is 7.11 Å². The Bertz CT molecular complexity index is 431. The molecule has 0 bridgehead atoms. The van der Waals surface area contributed by atoms with Crippen molar-refractivity contribution >= 4 is 17.3 Å². The zero-order chi connectivity index (χ0) is 15.0. The van der Waals surface area contributed by atoms with Crippen molar-refractivity contribution in [3.8, 4) is 0 Å². The summed E-state index contributed by atoms with van der Waals surface area (Å²) in [4.78, 5) is 13.9. The molecule has 0 heterocycles. The van der Waals surface area contributed by atoms with Crippen molar-refractivity contribution in [3.63, 3.8) is 0 Å². The number of rotatable bonds is 8. The summed E-state index contributed by atoms with van der Waals surface area (Å²) < 4.78 is 4.70. The molecule has 0 saturated heterocycles. The summed E-state index contributed by atoms with van der Waals surface area (Å²) in [6, 6.07) is 5.34. The van der Waals surface area contributed by atoms with Crippen molar-refractivity contribution in [1.29, 1.82) is 0 Å². The molecular weight excluding hydrogens is 254 g/mol. The summed E-state index contributed by atoms with van der Waals surface area (Å²) in [7, 11) is 1.35. The lowest BCUT2D eigenvalue weighted by Gasteiger charge is -2.18. The van der Waals surface area contributed by atoms with Gasteiger partial charge < -0.3 is 20.7 Å². The molecule has 0 fully saturated rings. The molecular formula is C15H25N3O2. The number of para-hydroxylation sites is 1. The number of methoxy groups -OCH3 is 1. The Labute approximate surface area is 121 Å². The Morgan fingerprint density at radius 3 is 2.65 bits per heavy atom. The molecule has 3 N–H and O–H groups in total. The highest BCUT2D eigenvalue weighted by molar-refractivity contribution is 5.98. The van der Waals surface area contributed by atoms with Gasteiger partial charge in [0.25, 0.3) is 0 Å². The van der Waals surface area contributed by atoms with Crippen LogP contribution in [0.25, 0.3) is 0 Å². The van der Waals surface area contributed by atoms with E-state index in [1.807, 2.05) is 6.07 Å². The Hall–Kier alpha value is -1.75. The second kappa shape index (κ2) is 8.43. The molecule has 0 aliphatic heterocycles. The van der Waals surface area contributed by atoms with Gasteiger partial charge in [-0.15, -0.1) is 0 Å². The SMILES string of the molecule is CCN(CC)CCCNc1cccc(C(=O)OC)c1N. The maximum absolute atomic E-state index is 11.5. The van der Waals surface area contributed by atoms with Crippen molar-refractivity contribution in [3.05, 3.63) is 23.8 Å². The minimum Gasteiger partial charge on any atom is -0.465 e. The molecule has 1 aromatic rings. The molecule has 0 saturated carbocycles. The number of ether oxygens (including phenoxy) is 1. The first-order valence-corrected chi connectivity index (χ1v) is 7.07. The number of nitrogens with zero attached hydrogens (tertiary/aromatic N) is 1. The van der Waals surface area contributed by atoms with E-state index in [-0.39, 0.29) is 0 Å². The van der Waals surface area contributed by atoms with Crippen LogP contribution in [0, 0.1) is 0 Å². The Balaban J connectivity index is 2.54. The van der Waals surface area contributed by atoms with Crippen LogP contribution in [-0.4, -0.2) is 44.2 Å². The summed E-state index contributed by atoms with van der Waals surface area (Å²) in [6.45, 7) is 8.33. The average molecular weight is 279 g/mol. The molecule has 0 aliphatic carbocycles. The quantitative estimate of drug-likeness (QED) is 0.434. The molecule has 20 heavy (non-hydrogen) atoms. The molecule has 112 valence electrons. The van der Waals surface area contributed by atoms with E-state index in [0.29, 0.717) is 11.3 Å².